The Kier molecular flexibility index (Phi) is 6.38. The maximum atomic E-state index is 10.8. The molecule has 2 N–H and O–H groups in total. The molecule has 4 nitrogen and oxygen atoms in total. The van der Waals surface area contributed by atoms with Gasteiger partial charge in [-0.25, -0.2) is 13.1 Å². The molecular weight excluding hydrogens is 295 g/mol. The van der Waals surface area contributed by atoms with E-state index >= 15 is 0 Å². The second-order valence-corrected chi connectivity index (χ2v) is 6.61. The van der Waals surface area contributed by atoms with E-state index in [0.29, 0.717) is 29.7 Å². The van der Waals surface area contributed by atoms with Crippen molar-refractivity contribution in [1.82, 2.24) is 10.0 Å². The number of halogens is 2. The molecular formula is C11H16Cl2N2O2S. The number of benzene rings is 1. The minimum atomic E-state index is -3.09. The molecule has 102 valence electrons. The Bertz CT molecular complexity index is 492. The Morgan fingerprint density at radius 2 is 1.94 bits per heavy atom. The van der Waals surface area contributed by atoms with Gasteiger partial charge in [-0.3, -0.25) is 0 Å². The van der Waals surface area contributed by atoms with E-state index < -0.39 is 10.0 Å². The van der Waals surface area contributed by atoms with Crippen LogP contribution in [-0.2, 0) is 16.6 Å². The van der Waals surface area contributed by atoms with Crippen LogP contribution in [0, 0.1) is 0 Å². The molecule has 7 heteroatoms. The highest BCUT2D eigenvalue weighted by molar-refractivity contribution is 7.88. The van der Waals surface area contributed by atoms with Gasteiger partial charge in [-0.05, 0) is 30.7 Å². The van der Waals surface area contributed by atoms with Crippen molar-refractivity contribution in [2.24, 2.45) is 0 Å². The van der Waals surface area contributed by atoms with Crippen molar-refractivity contribution in [2.45, 2.75) is 13.0 Å². The largest absolute Gasteiger partial charge is 0.313 e. The molecule has 0 saturated carbocycles. The molecule has 1 rings (SSSR count). The standard InChI is InChI=1S/C11H16Cl2N2O2S/c1-18(16,17)15-6-2-5-14-8-9-3-4-10(12)7-11(9)13/h3-4,7,14-15H,2,5-6,8H2,1H3. The van der Waals surface area contributed by atoms with Gasteiger partial charge in [-0.15, -0.1) is 0 Å². The number of hydrogen-bond donors (Lipinski definition) is 2. The van der Waals surface area contributed by atoms with E-state index in [9.17, 15) is 8.42 Å². The molecule has 0 unspecified atom stereocenters. The molecule has 0 aliphatic heterocycles. The van der Waals surface area contributed by atoms with Crippen molar-refractivity contribution in [3.63, 3.8) is 0 Å². The zero-order chi connectivity index (χ0) is 13.6. The molecule has 0 saturated heterocycles. The average molecular weight is 311 g/mol. The lowest BCUT2D eigenvalue weighted by atomic mass is 10.2. The monoisotopic (exact) mass is 310 g/mol. The van der Waals surface area contributed by atoms with E-state index in [1.807, 2.05) is 6.07 Å². The van der Waals surface area contributed by atoms with Crippen LogP contribution < -0.4 is 10.0 Å². The third-order valence-corrected chi connectivity index (χ3v) is 3.54. The maximum absolute atomic E-state index is 10.8. The fraction of sp³-hybridized carbons (Fsp3) is 0.455. The molecule has 0 atom stereocenters. The summed E-state index contributed by atoms with van der Waals surface area (Å²) in [5.41, 5.74) is 0.970. The van der Waals surface area contributed by atoms with E-state index in [-0.39, 0.29) is 0 Å². The van der Waals surface area contributed by atoms with Crippen LogP contribution in [0.3, 0.4) is 0 Å². The van der Waals surface area contributed by atoms with Crippen molar-refractivity contribution in [2.75, 3.05) is 19.3 Å². The molecule has 0 aromatic heterocycles. The van der Waals surface area contributed by atoms with Gasteiger partial charge in [-0.2, -0.15) is 0 Å². The first-order valence-corrected chi connectivity index (χ1v) is 8.12. The first kappa shape index (κ1) is 15.7. The fourth-order valence-corrected chi connectivity index (χ4v) is 2.35. The second kappa shape index (κ2) is 7.31. The Hall–Kier alpha value is -0.330. The third-order valence-electron chi connectivity index (χ3n) is 2.23. The van der Waals surface area contributed by atoms with Crippen molar-refractivity contribution in [3.05, 3.63) is 33.8 Å². The minimum Gasteiger partial charge on any atom is -0.313 e. The average Bonchev–Trinajstić information content (AvgIpc) is 2.24. The summed E-state index contributed by atoms with van der Waals surface area (Å²) in [7, 11) is -3.09. The van der Waals surface area contributed by atoms with E-state index in [0.717, 1.165) is 18.2 Å². The fourth-order valence-electron chi connectivity index (χ4n) is 1.36. The highest BCUT2D eigenvalue weighted by Crippen LogP contribution is 2.20. The maximum Gasteiger partial charge on any atom is 0.208 e. The summed E-state index contributed by atoms with van der Waals surface area (Å²) in [5.74, 6) is 0. The van der Waals surface area contributed by atoms with Crippen LogP contribution in [0.2, 0.25) is 10.0 Å². The van der Waals surface area contributed by atoms with Gasteiger partial charge in [0.1, 0.15) is 0 Å². The zero-order valence-electron chi connectivity index (χ0n) is 10.0. The smallest absolute Gasteiger partial charge is 0.208 e. The summed E-state index contributed by atoms with van der Waals surface area (Å²) in [4.78, 5) is 0. The van der Waals surface area contributed by atoms with Crippen molar-refractivity contribution < 1.29 is 8.42 Å². The Labute approximate surface area is 118 Å². The van der Waals surface area contributed by atoms with Crippen molar-refractivity contribution in [1.29, 1.82) is 0 Å². The van der Waals surface area contributed by atoms with Crippen molar-refractivity contribution in [3.8, 4) is 0 Å². The van der Waals surface area contributed by atoms with Gasteiger partial charge >= 0.3 is 0 Å². The van der Waals surface area contributed by atoms with Gasteiger partial charge < -0.3 is 5.32 Å². The minimum absolute atomic E-state index is 0.431. The first-order chi connectivity index (χ1) is 8.38. The molecule has 0 radical (unpaired) electrons. The van der Waals surface area contributed by atoms with Gasteiger partial charge in [0.2, 0.25) is 10.0 Å². The highest BCUT2D eigenvalue weighted by atomic mass is 35.5. The number of nitrogens with one attached hydrogen (secondary N) is 2. The Morgan fingerprint density at radius 1 is 1.22 bits per heavy atom. The van der Waals surface area contributed by atoms with E-state index in [4.69, 9.17) is 23.2 Å². The first-order valence-electron chi connectivity index (χ1n) is 5.48. The lowest BCUT2D eigenvalue weighted by Crippen LogP contribution is -2.26. The molecule has 1 aromatic carbocycles. The van der Waals surface area contributed by atoms with Gasteiger partial charge in [0.25, 0.3) is 0 Å². The summed E-state index contributed by atoms with van der Waals surface area (Å²) in [6.07, 6.45) is 1.87. The van der Waals surface area contributed by atoms with Crippen LogP contribution in [0.4, 0.5) is 0 Å². The molecule has 0 amide bonds. The van der Waals surface area contributed by atoms with Gasteiger partial charge in [0, 0.05) is 23.1 Å². The molecule has 0 heterocycles. The van der Waals surface area contributed by atoms with Crippen LogP contribution >= 0.6 is 23.2 Å². The lowest BCUT2D eigenvalue weighted by molar-refractivity contribution is 0.579. The normalized spacial score (nSPS) is 11.7. The molecule has 0 aliphatic rings. The predicted octanol–water partition coefficient (Wildman–Crippen LogP) is 2.02. The quantitative estimate of drug-likeness (QED) is 0.758. The lowest BCUT2D eigenvalue weighted by Gasteiger charge is -2.07. The third kappa shape index (κ3) is 6.56. The zero-order valence-corrected chi connectivity index (χ0v) is 12.4. The van der Waals surface area contributed by atoms with Crippen LogP contribution in [-0.4, -0.2) is 27.8 Å². The summed E-state index contributed by atoms with van der Waals surface area (Å²) in [5, 5.41) is 4.43. The molecule has 1 aromatic rings. The summed E-state index contributed by atoms with van der Waals surface area (Å²) in [6.45, 7) is 1.77. The number of hydrogen-bond acceptors (Lipinski definition) is 3. The van der Waals surface area contributed by atoms with Gasteiger partial charge in [0.15, 0.2) is 0 Å². The van der Waals surface area contributed by atoms with Gasteiger partial charge in [-0.1, -0.05) is 29.3 Å². The molecule has 0 bridgehead atoms. The van der Waals surface area contributed by atoms with E-state index in [2.05, 4.69) is 10.0 Å². The van der Waals surface area contributed by atoms with Gasteiger partial charge in [0.05, 0.1) is 6.26 Å². The van der Waals surface area contributed by atoms with Crippen LogP contribution in [0.15, 0.2) is 18.2 Å². The summed E-state index contributed by atoms with van der Waals surface area (Å²) in [6, 6.07) is 5.35. The summed E-state index contributed by atoms with van der Waals surface area (Å²) < 4.78 is 24.0. The highest BCUT2D eigenvalue weighted by Gasteiger charge is 2.01. The SMILES string of the molecule is CS(=O)(=O)NCCCNCc1ccc(Cl)cc1Cl. The molecule has 0 fully saturated rings. The summed E-state index contributed by atoms with van der Waals surface area (Å²) >= 11 is 11.8. The number of sulfonamides is 1. The topological polar surface area (TPSA) is 58.2 Å². The molecule has 0 aliphatic carbocycles. The van der Waals surface area contributed by atoms with Crippen LogP contribution in [0.1, 0.15) is 12.0 Å². The van der Waals surface area contributed by atoms with Crippen LogP contribution in [0.5, 0.6) is 0 Å². The molecule has 0 spiro atoms. The van der Waals surface area contributed by atoms with E-state index in [1.165, 1.54) is 0 Å². The van der Waals surface area contributed by atoms with Crippen LogP contribution in [0.25, 0.3) is 0 Å². The number of rotatable bonds is 7. The molecule has 18 heavy (non-hydrogen) atoms. The second-order valence-electron chi connectivity index (χ2n) is 3.93. The van der Waals surface area contributed by atoms with Crippen molar-refractivity contribution >= 4 is 33.2 Å². The Balaban J connectivity index is 2.22. The Morgan fingerprint density at radius 3 is 2.56 bits per heavy atom. The predicted molar refractivity (Wildman–Crippen MR) is 75.6 cm³/mol. The van der Waals surface area contributed by atoms with E-state index in [1.54, 1.807) is 12.1 Å².